The first-order valence-electron chi connectivity index (χ1n) is 4.23. The third kappa shape index (κ3) is 3.01. The fourth-order valence-corrected chi connectivity index (χ4v) is 2.90. The topological polar surface area (TPSA) is 80.6 Å². The van der Waals surface area contributed by atoms with Crippen LogP contribution in [0, 0.1) is 0 Å². The first kappa shape index (κ1) is 12.6. The van der Waals surface area contributed by atoms with Crippen LogP contribution in [0.25, 0.3) is 0 Å². The fraction of sp³-hybridized carbons (Fsp3) is 0.111. The van der Waals surface area contributed by atoms with Crippen LogP contribution >= 0.6 is 0 Å². The number of rotatable bonds is 4. The maximum absolute atomic E-state index is 11.5. The molecule has 16 heavy (non-hydrogen) atoms. The van der Waals surface area contributed by atoms with Crippen LogP contribution in [-0.4, -0.2) is 16.8 Å². The Morgan fingerprint density at radius 3 is 2.50 bits per heavy atom. The van der Waals surface area contributed by atoms with Crippen molar-refractivity contribution in [2.45, 2.75) is 11.3 Å². The SMILES string of the molecule is C=CCc1ccccc1S(=O)(=O)N=S(=O)=O. The number of hydrogen-bond donors (Lipinski definition) is 0. The zero-order valence-electron chi connectivity index (χ0n) is 8.20. The quantitative estimate of drug-likeness (QED) is 0.760. The Morgan fingerprint density at radius 1 is 1.31 bits per heavy atom. The van der Waals surface area contributed by atoms with Crippen LogP contribution in [0.2, 0.25) is 0 Å². The van der Waals surface area contributed by atoms with Gasteiger partial charge in [0.05, 0.1) is 4.90 Å². The molecule has 0 unspecified atom stereocenters. The molecule has 1 aromatic carbocycles. The fourth-order valence-electron chi connectivity index (χ4n) is 1.20. The highest BCUT2D eigenvalue weighted by molar-refractivity contribution is 7.94. The van der Waals surface area contributed by atoms with Gasteiger partial charge in [0.1, 0.15) is 0 Å². The van der Waals surface area contributed by atoms with E-state index in [1.807, 2.05) is 0 Å². The summed E-state index contributed by atoms with van der Waals surface area (Å²) in [5, 5.41) is 0. The number of allylic oxidation sites excluding steroid dienone is 1. The third-order valence-electron chi connectivity index (χ3n) is 1.77. The van der Waals surface area contributed by atoms with Crippen molar-refractivity contribution in [2.24, 2.45) is 3.77 Å². The van der Waals surface area contributed by atoms with E-state index in [9.17, 15) is 16.8 Å². The minimum Gasteiger partial charge on any atom is -0.198 e. The van der Waals surface area contributed by atoms with Crippen LogP contribution in [0.1, 0.15) is 5.56 Å². The molecule has 0 amide bonds. The molecule has 0 aliphatic heterocycles. The Labute approximate surface area is 95.2 Å². The summed E-state index contributed by atoms with van der Waals surface area (Å²) in [6.45, 7) is 3.49. The molecule has 7 heteroatoms. The molecular formula is C9H9NO4S2. The van der Waals surface area contributed by atoms with Crippen LogP contribution in [0.15, 0.2) is 45.6 Å². The molecule has 0 saturated heterocycles. The van der Waals surface area contributed by atoms with E-state index in [4.69, 9.17) is 0 Å². The Morgan fingerprint density at radius 2 is 1.94 bits per heavy atom. The summed E-state index contributed by atoms with van der Waals surface area (Å²) in [7, 11) is -7.13. The smallest absolute Gasteiger partial charge is 0.198 e. The van der Waals surface area contributed by atoms with Crippen molar-refractivity contribution in [2.75, 3.05) is 0 Å². The largest absolute Gasteiger partial charge is 0.327 e. The van der Waals surface area contributed by atoms with Crippen molar-refractivity contribution in [3.8, 4) is 0 Å². The second-order valence-corrected chi connectivity index (χ2v) is 5.29. The van der Waals surface area contributed by atoms with Gasteiger partial charge in [0.25, 0.3) is 10.0 Å². The van der Waals surface area contributed by atoms with Crippen molar-refractivity contribution in [3.63, 3.8) is 0 Å². The highest BCUT2D eigenvalue weighted by Gasteiger charge is 2.16. The van der Waals surface area contributed by atoms with Crippen molar-refractivity contribution >= 4 is 20.5 Å². The van der Waals surface area contributed by atoms with Gasteiger partial charge in [-0.2, -0.15) is 16.8 Å². The molecule has 0 saturated carbocycles. The lowest BCUT2D eigenvalue weighted by Gasteiger charge is -2.03. The predicted octanol–water partition coefficient (Wildman–Crippen LogP) is 1.17. The van der Waals surface area contributed by atoms with E-state index < -0.39 is 20.5 Å². The normalized spacial score (nSPS) is 10.8. The van der Waals surface area contributed by atoms with Gasteiger partial charge in [-0.1, -0.05) is 24.3 Å². The van der Waals surface area contributed by atoms with Crippen LogP contribution in [0.3, 0.4) is 0 Å². The Kier molecular flexibility index (Phi) is 3.97. The molecule has 0 radical (unpaired) electrons. The van der Waals surface area contributed by atoms with Crippen LogP contribution in [-0.2, 0) is 26.9 Å². The van der Waals surface area contributed by atoms with Crippen molar-refractivity contribution < 1.29 is 16.8 Å². The maximum atomic E-state index is 11.5. The predicted molar refractivity (Wildman–Crippen MR) is 58.9 cm³/mol. The molecule has 0 bridgehead atoms. The van der Waals surface area contributed by atoms with Gasteiger partial charge < -0.3 is 0 Å². The van der Waals surface area contributed by atoms with Crippen molar-refractivity contribution in [1.82, 2.24) is 0 Å². The molecule has 0 heterocycles. The lowest BCUT2D eigenvalue weighted by atomic mass is 10.1. The van der Waals surface area contributed by atoms with Gasteiger partial charge in [0, 0.05) is 0 Å². The van der Waals surface area contributed by atoms with E-state index in [0.29, 0.717) is 12.0 Å². The summed E-state index contributed by atoms with van der Waals surface area (Å²) in [6, 6.07) is 6.05. The molecule has 0 spiro atoms. The minimum absolute atomic E-state index is 0.112. The monoisotopic (exact) mass is 259 g/mol. The van der Waals surface area contributed by atoms with E-state index in [1.54, 1.807) is 12.1 Å². The van der Waals surface area contributed by atoms with Gasteiger partial charge in [0.15, 0.2) is 0 Å². The van der Waals surface area contributed by atoms with Gasteiger partial charge in [0.2, 0.25) is 0 Å². The van der Waals surface area contributed by atoms with Crippen molar-refractivity contribution in [1.29, 1.82) is 0 Å². The average molecular weight is 259 g/mol. The minimum atomic E-state index is -4.15. The second-order valence-electron chi connectivity index (χ2n) is 2.87. The highest BCUT2D eigenvalue weighted by atomic mass is 32.2. The summed E-state index contributed by atoms with van der Waals surface area (Å²) in [6.07, 6.45) is 1.86. The van der Waals surface area contributed by atoms with Gasteiger partial charge in [-0.05, 0) is 21.8 Å². The summed E-state index contributed by atoms with van der Waals surface area (Å²) in [5.41, 5.74) is 0.465. The van der Waals surface area contributed by atoms with E-state index in [1.165, 1.54) is 18.2 Å². The molecule has 1 aromatic rings. The maximum Gasteiger partial charge on any atom is 0.327 e. The van der Waals surface area contributed by atoms with Gasteiger partial charge in [-0.15, -0.1) is 6.58 Å². The van der Waals surface area contributed by atoms with Crippen LogP contribution in [0.5, 0.6) is 0 Å². The molecule has 0 aliphatic carbocycles. The lowest BCUT2D eigenvalue weighted by molar-refractivity contribution is 0.595. The summed E-state index contributed by atoms with van der Waals surface area (Å²) < 4.78 is 46.3. The lowest BCUT2D eigenvalue weighted by Crippen LogP contribution is -2.00. The zero-order valence-corrected chi connectivity index (χ0v) is 9.83. The third-order valence-corrected chi connectivity index (χ3v) is 4.00. The molecule has 0 aromatic heterocycles. The van der Waals surface area contributed by atoms with E-state index in [-0.39, 0.29) is 4.90 Å². The van der Waals surface area contributed by atoms with E-state index in [2.05, 4.69) is 10.3 Å². The summed E-state index contributed by atoms with van der Waals surface area (Å²) in [5.74, 6) is 0. The van der Waals surface area contributed by atoms with Gasteiger partial charge in [-0.25, -0.2) is 0 Å². The number of benzene rings is 1. The summed E-state index contributed by atoms with van der Waals surface area (Å²) >= 11 is 0. The zero-order chi connectivity index (χ0) is 12.2. The highest BCUT2D eigenvalue weighted by Crippen LogP contribution is 2.18. The molecule has 1 rings (SSSR count). The number of hydrogen-bond acceptors (Lipinski definition) is 4. The molecule has 5 nitrogen and oxygen atoms in total. The summed E-state index contributed by atoms with van der Waals surface area (Å²) in [4.78, 5) is -0.112. The standard InChI is InChI=1S/C9H9NO4S2/c1-2-5-8-6-3-4-7-9(8)16(13,14)10-15(11)12/h2-4,6-7H,1,5H2. The van der Waals surface area contributed by atoms with Crippen LogP contribution < -0.4 is 0 Å². The molecule has 0 N–H and O–H groups in total. The van der Waals surface area contributed by atoms with Crippen molar-refractivity contribution in [3.05, 3.63) is 42.5 Å². The molecule has 0 atom stereocenters. The average Bonchev–Trinajstić information content (AvgIpc) is 2.17. The van der Waals surface area contributed by atoms with Gasteiger partial charge >= 0.3 is 10.5 Å². The second kappa shape index (κ2) is 5.04. The number of nitrogens with zero attached hydrogens (tertiary/aromatic N) is 1. The molecular weight excluding hydrogens is 250 g/mol. The molecule has 0 fully saturated rings. The Hall–Kier alpha value is -1.47. The van der Waals surface area contributed by atoms with E-state index in [0.717, 1.165) is 0 Å². The Balaban J connectivity index is 3.44. The Bertz CT molecular complexity index is 621. The molecule has 0 aliphatic rings. The number of sulfonamides is 1. The van der Waals surface area contributed by atoms with Gasteiger partial charge in [-0.3, -0.25) is 0 Å². The first-order valence-corrected chi connectivity index (χ1v) is 6.71. The van der Waals surface area contributed by atoms with Crippen LogP contribution in [0.4, 0.5) is 0 Å². The van der Waals surface area contributed by atoms with E-state index >= 15 is 0 Å². The first-order chi connectivity index (χ1) is 7.47. The molecule has 86 valence electrons.